The third kappa shape index (κ3) is 4.64. The first-order chi connectivity index (χ1) is 14.1. The second-order valence-electron chi connectivity index (χ2n) is 6.26. The smallest absolute Gasteiger partial charge is 0.266 e. The summed E-state index contributed by atoms with van der Waals surface area (Å²) >= 11 is 1.34. The van der Waals surface area contributed by atoms with Gasteiger partial charge in [0, 0.05) is 12.1 Å². The molecule has 0 atom stereocenters. The van der Waals surface area contributed by atoms with Gasteiger partial charge in [0.05, 0.1) is 17.7 Å². The molecule has 6 heteroatoms. The molecule has 2 aromatic rings. The SMILES string of the molecule is C#CCOc1c(/C=C2/SC(=Nc3ccc(C)cc3)N(CC)C2=O)cccc1OC. The number of para-hydroxylation sites is 1. The van der Waals surface area contributed by atoms with Crippen LogP contribution in [0.15, 0.2) is 52.4 Å². The lowest BCUT2D eigenvalue weighted by Gasteiger charge is -2.12. The van der Waals surface area contributed by atoms with Crippen LogP contribution in [0.4, 0.5) is 5.69 Å². The minimum atomic E-state index is -0.0888. The number of aliphatic imine (C=N–C) groups is 1. The van der Waals surface area contributed by atoms with Crippen LogP contribution >= 0.6 is 11.8 Å². The Kier molecular flexibility index (Phi) is 6.63. The second kappa shape index (κ2) is 9.35. The molecule has 5 nitrogen and oxygen atoms in total. The van der Waals surface area contributed by atoms with E-state index in [9.17, 15) is 4.79 Å². The number of rotatable bonds is 6. The zero-order valence-electron chi connectivity index (χ0n) is 16.6. The van der Waals surface area contributed by atoms with E-state index in [4.69, 9.17) is 15.9 Å². The Balaban J connectivity index is 1.97. The predicted molar refractivity (Wildman–Crippen MR) is 119 cm³/mol. The van der Waals surface area contributed by atoms with Gasteiger partial charge in [-0.2, -0.15) is 0 Å². The fourth-order valence-corrected chi connectivity index (χ4v) is 3.87. The summed E-state index contributed by atoms with van der Waals surface area (Å²) in [7, 11) is 1.57. The molecule has 0 bridgehead atoms. The van der Waals surface area contributed by atoms with Gasteiger partial charge in [0.25, 0.3) is 5.91 Å². The molecular formula is C23H22N2O3S. The van der Waals surface area contributed by atoms with Crippen molar-refractivity contribution in [1.82, 2.24) is 4.90 Å². The normalized spacial score (nSPS) is 16.3. The molecule has 1 aliphatic heterocycles. The van der Waals surface area contributed by atoms with Crippen molar-refractivity contribution in [2.75, 3.05) is 20.3 Å². The van der Waals surface area contributed by atoms with Crippen molar-refractivity contribution in [2.24, 2.45) is 4.99 Å². The highest BCUT2D eigenvalue weighted by atomic mass is 32.2. The molecule has 29 heavy (non-hydrogen) atoms. The number of ether oxygens (including phenoxy) is 2. The third-order valence-corrected chi connectivity index (χ3v) is 5.29. The molecule has 1 fully saturated rings. The Bertz CT molecular complexity index is 1000. The number of aryl methyl sites for hydroxylation is 1. The van der Waals surface area contributed by atoms with Gasteiger partial charge in [-0.3, -0.25) is 9.69 Å². The van der Waals surface area contributed by atoms with E-state index < -0.39 is 0 Å². The van der Waals surface area contributed by atoms with Crippen molar-refractivity contribution < 1.29 is 14.3 Å². The van der Waals surface area contributed by atoms with E-state index >= 15 is 0 Å². The van der Waals surface area contributed by atoms with Crippen LogP contribution in [0.25, 0.3) is 6.08 Å². The Morgan fingerprint density at radius 2 is 2.00 bits per heavy atom. The highest BCUT2D eigenvalue weighted by Gasteiger charge is 2.32. The molecule has 3 rings (SSSR count). The third-order valence-electron chi connectivity index (χ3n) is 4.28. The van der Waals surface area contributed by atoms with Crippen molar-refractivity contribution >= 4 is 34.6 Å². The molecular weight excluding hydrogens is 384 g/mol. The molecule has 0 unspecified atom stereocenters. The van der Waals surface area contributed by atoms with E-state index in [0.717, 1.165) is 16.8 Å². The number of hydrogen-bond acceptors (Lipinski definition) is 5. The average Bonchev–Trinajstić information content (AvgIpc) is 3.02. The van der Waals surface area contributed by atoms with Crippen LogP contribution in [0, 0.1) is 19.3 Å². The zero-order valence-corrected chi connectivity index (χ0v) is 17.5. The van der Waals surface area contributed by atoms with Gasteiger partial charge in [0.15, 0.2) is 16.7 Å². The van der Waals surface area contributed by atoms with Crippen LogP contribution in [0.3, 0.4) is 0 Å². The summed E-state index contributed by atoms with van der Waals surface area (Å²) in [6.45, 7) is 4.60. The lowest BCUT2D eigenvalue weighted by atomic mass is 10.1. The van der Waals surface area contributed by atoms with Crippen LogP contribution in [-0.2, 0) is 4.79 Å². The van der Waals surface area contributed by atoms with E-state index in [1.807, 2.05) is 50.2 Å². The standard InChI is InChI=1S/C23H22N2O3S/c1-5-14-28-21-17(8-7-9-19(21)27-4)15-20-22(26)25(6-2)23(29-20)24-18-12-10-16(3)11-13-18/h1,7-13,15H,6,14H2,2-4H3/b20-15+,24-23?. The van der Waals surface area contributed by atoms with Crippen molar-refractivity contribution in [3.05, 3.63) is 58.5 Å². The molecule has 0 aromatic heterocycles. The number of nitrogens with zero attached hydrogens (tertiary/aromatic N) is 2. The lowest BCUT2D eigenvalue weighted by molar-refractivity contribution is -0.122. The summed E-state index contributed by atoms with van der Waals surface area (Å²) in [5.74, 6) is 3.44. The summed E-state index contributed by atoms with van der Waals surface area (Å²) in [5.41, 5.74) is 2.70. The van der Waals surface area contributed by atoms with Gasteiger partial charge in [-0.15, -0.1) is 6.42 Å². The number of carbonyl (C=O) groups is 1. The second-order valence-corrected chi connectivity index (χ2v) is 7.27. The highest BCUT2D eigenvalue weighted by Crippen LogP contribution is 2.38. The first-order valence-electron chi connectivity index (χ1n) is 9.17. The van der Waals surface area contributed by atoms with Gasteiger partial charge in [0.1, 0.15) is 6.61 Å². The van der Waals surface area contributed by atoms with E-state index in [1.165, 1.54) is 11.8 Å². The minimum Gasteiger partial charge on any atom is -0.493 e. The molecule has 1 amide bonds. The van der Waals surface area contributed by atoms with Gasteiger partial charge in [-0.05, 0) is 49.9 Å². The lowest BCUT2D eigenvalue weighted by Crippen LogP contribution is -2.28. The summed E-state index contributed by atoms with van der Waals surface area (Å²) in [5, 5.41) is 0.654. The van der Waals surface area contributed by atoms with Crippen LogP contribution in [0.5, 0.6) is 11.5 Å². The molecule has 1 heterocycles. The van der Waals surface area contributed by atoms with Crippen LogP contribution in [0.2, 0.25) is 0 Å². The monoisotopic (exact) mass is 406 g/mol. The van der Waals surface area contributed by atoms with Crippen LogP contribution < -0.4 is 9.47 Å². The highest BCUT2D eigenvalue weighted by molar-refractivity contribution is 8.18. The van der Waals surface area contributed by atoms with Crippen molar-refractivity contribution in [3.8, 4) is 23.8 Å². The van der Waals surface area contributed by atoms with Gasteiger partial charge in [0.2, 0.25) is 0 Å². The largest absolute Gasteiger partial charge is 0.493 e. The van der Waals surface area contributed by atoms with E-state index in [2.05, 4.69) is 10.9 Å². The summed E-state index contributed by atoms with van der Waals surface area (Å²) in [6.07, 6.45) is 7.12. The number of benzene rings is 2. The molecule has 0 radical (unpaired) electrons. The Morgan fingerprint density at radius 3 is 2.66 bits per heavy atom. The maximum atomic E-state index is 12.9. The number of terminal acetylenes is 1. The number of likely N-dealkylation sites (N-methyl/N-ethyl adjacent to an activating group) is 1. The van der Waals surface area contributed by atoms with Crippen LogP contribution in [0.1, 0.15) is 18.1 Å². The topological polar surface area (TPSA) is 51.1 Å². The minimum absolute atomic E-state index is 0.0888. The van der Waals surface area contributed by atoms with Crippen molar-refractivity contribution in [2.45, 2.75) is 13.8 Å². The molecule has 2 aromatic carbocycles. The zero-order chi connectivity index (χ0) is 20.8. The molecule has 0 aliphatic carbocycles. The van der Waals surface area contributed by atoms with Gasteiger partial charge in [-0.25, -0.2) is 4.99 Å². The van der Waals surface area contributed by atoms with E-state index in [0.29, 0.717) is 28.1 Å². The summed E-state index contributed by atoms with van der Waals surface area (Å²) in [6, 6.07) is 13.4. The summed E-state index contributed by atoms with van der Waals surface area (Å²) in [4.78, 5) is 19.8. The molecule has 0 spiro atoms. The number of amides is 1. The Morgan fingerprint density at radius 1 is 1.24 bits per heavy atom. The molecule has 148 valence electrons. The van der Waals surface area contributed by atoms with Crippen LogP contribution in [-0.4, -0.2) is 36.2 Å². The Hall–Kier alpha value is -3.17. The average molecular weight is 407 g/mol. The van der Waals surface area contributed by atoms with Crippen molar-refractivity contribution in [1.29, 1.82) is 0 Å². The first-order valence-corrected chi connectivity index (χ1v) is 9.99. The predicted octanol–water partition coefficient (Wildman–Crippen LogP) is 4.64. The maximum Gasteiger partial charge on any atom is 0.266 e. The van der Waals surface area contributed by atoms with Gasteiger partial charge >= 0.3 is 0 Å². The molecule has 0 saturated carbocycles. The maximum absolute atomic E-state index is 12.9. The first kappa shape index (κ1) is 20.6. The molecule has 1 saturated heterocycles. The number of carbonyl (C=O) groups excluding carboxylic acids is 1. The van der Waals surface area contributed by atoms with E-state index in [1.54, 1.807) is 24.2 Å². The van der Waals surface area contributed by atoms with Gasteiger partial charge < -0.3 is 9.47 Å². The fourth-order valence-electron chi connectivity index (χ4n) is 2.82. The Labute approximate surface area is 175 Å². The quantitative estimate of drug-likeness (QED) is 0.518. The molecule has 0 N–H and O–H groups in total. The number of amidine groups is 1. The fraction of sp³-hybridized carbons (Fsp3) is 0.217. The van der Waals surface area contributed by atoms with E-state index in [-0.39, 0.29) is 12.5 Å². The van der Waals surface area contributed by atoms with Crippen molar-refractivity contribution in [3.63, 3.8) is 0 Å². The molecule has 1 aliphatic rings. The summed E-state index contributed by atoms with van der Waals surface area (Å²) < 4.78 is 11.0. The number of thioether (sulfide) groups is 1. The van der Waals surface area contributed by atoms with Gasteiger partial charge in [-0.1, -0.05) is 35.7 Å². The number of methoxy groups -OCH3 is 1. The number of hydrogen-bond donors (Lipinski definition) is 0.